The Morgan fingerprint density at radius 2 is 2.04 bits per heavy atom. The molecule has 0 unspecified atom stereocenters. The Kier molecular flexibility index (Phi) is 7.45. The molecule has 0 aliphatic rings. The third kappa shape index (κ3) is 5.21. The smallest absolute Gasteiger partial charge is 0.341 e. The number of pyridine rings is 1. The first kappa shape index (κ1) is 18.3. The summed E-state index contributed by atoms with van der Waals surface area (Å²) in [5.41, 5.74) is 2.00. The number of hydrogen-bond acceptors (Lipinski definition) is 7. The Hall–Kier alpha value is -2.70. The number of aromatic nitrogens is 1. The zero-order valence-corrected chi connectivity index (χ0v) is 14.0. The van der Waals surface area contributed by atoms with Crippen molar-refractivity contribution in [3.63, 3.8) is 0 Å². The summed E-state index contributed by atoms with van der Waals surface area (Å²) in [5.74, 6) is -0.390. The number of oxime groups is 1. The van der Waals surface area contributed by atoms with Crippen LogP contribution in [0.3, 0.4) is 0 Å². The highest BCUT2D eigenvalue weighted by Gasteiger charge is 2.19. The van der Waals surface area contributed by atoms with E-state index < -0.39 is 5.97 Å². The summed E-state index contributed by atoms with van der Waals surface area (Å²) >= 11 is 0. The molecule has 0 aromatic carbocycles. The van der Waals surface area contributed by atoms with E-state index >= 15 is 0 Å². The highest BCUT2D eigenvalue weighted by molar-refractivity contribution is 6.40. The zero-order valence-electron chi connectivity index (χ0n) is 14.0. The second-order valence-electron chi connectivity index (χ2n) is 4.44. The Morgan fingerprint density at radius 3 is 2.65 bits per heavy atom. The summed E-state index contributed by atoms with van der Waals surface area (Å²) in [6.45, 7) is 6.22. The fourth-order valence-electron chi connectivity index (χ4n) is 1.65. The number of rotatable bonds is 7. The number of nitrogens with zero attached hydrogens (tertiary/aromatic N) is 3. The average Bonchev–Trinajstić information content (AvgIpc) is 2.57. The van der Waals surface area contributed by atoms with E-state index in [0.717, 1.165) is 5.71 Å². The molecule has 124 valence electrons. The van der Waals surface area contributed by atoms with Crippen molar-refractivity contribution >= 4 is 23.0 Å². The second-order valence-corrected chi connectivity index (χ2v) is 4.44. The van der Waals surface area contributed by atoms with Crippen LogP contribution in [0.15, 0.2) is 34.7 Å². The van der Waals surface area contributed by atoms with Crippen molar-refractivity contribution in [1.82, 2.24) is 4.98 Å². The topological polar surface area (TPSA) is 82.4 Å². The van der Waals surface area contributed by atoms with Gasteiger partial charge in [-0.1, -0.05) is 5.16 Å². The molecule has 0 aliphatic heterocycles. The predicted octanol–water partition coefficient (Wildman–Crippen LogP) is 2.48. The normalized spacial score (nSPS) is 12.8. The highest BCUT2D eigenvalue weighted by atomic mass is 16.6. The number of carbonyl (C=O) groups excluding carboxylic acids is 1. The molecule has 1 rings (SSSR count). The summed E-state index contributed by atoms with van der Waals surface area (Å²) in [4.78, 5) is 25.6. The largest absolute Gasteiger partial charge is 0.503 e. The molecule has 0 bridgehead atoms. The number of ether oxygens (including phenoxy) is 2. The van der Waals surface area contributed by atoms with Crippen molar-refractivity contribution in [3.05, 3.63) is 30.2 Å². The van der Waals surface area contributed by atoms with Gasteiger partial charge in [0.15, 0.2) is 0 Å². The summed E-state index contributed by atoms with van der Waals surface area (Å²) < 4.78 is 9.68. The standard InChI is InChI=1S/C16H21N3O4/c1-6-17-11(2)12(3)19-23-15-13(8-7-9-18-15)14(10-21-4)16(20)22-5/h7-10H,6H2,1-5H3/b14-10+,17-11?,19-12+. The van der Waals surface area contributed by atoms with Gasteiger partial charge in [-0.2, -0.15) is 0 Å². The Bertz CT molecular complexity index is 636. The first-order valence-electron chi connectivity index (χ1n) is 7.04. The number of aliphatic imine (C=N–C) groups is 1. The average molecular weight is 319 g/mol. The van der Waals surface area contributed by atoms with Gasteiger partial charge in [0.25, 0.3) is 5.88 Å². The van der Waals surface area contributed by atoms with Crippen LogP contribution in [0.4, 0.5) is 0 Å². The van der Waals surface area contributed by atoms with E-state index in [4.69, 9.17) is 14.3 Å². The maximum absolute atomic E-state index is 11.9. The van der Waals surface area contributed by atoms with Gasteiger partial charge in [-0.25, -0.2) is 9.78 Å². The predicted molar refractivity (Wildman–Crippen MR) is 88.6 cm³/mol. The Morgan fingerprint density at radius 1 is 1.30 bits per heavy atom. The van der Waals surface area contributed by atoms with Crippen LogP contribution in [0.5, 0.6) is 5.88 Å². The summed E-state index contributed by atoms with van der Waals surface area (Å²) in [6, 6.07) is 3.34. The van der Waals surface area contributed by atoms with Gasteiger partial charge in [0.05, 0.1) is 37.5 Å². The summed E-state index contributed by atoms with van der Waals surface area (Å²) in [7, 11) is 2.72. The molecule has 1 aromatic rings. The van der Waals surface area contributed by atoms with Crippen molar-refractivity contribution in [2.24, 2.45) is 10.1 Å². The molecule has 23 heavy (non-hydrogen) atoms. The molecular weight excluding hydrogens is 298 g/mol. The molecule has 1 aromatic heterocycles. The lowest BCUT2D eigenvalue weighted by atomic mass is 10.1. The molecule has 0 aliphatic carbocycles. The Labute approximate surface area is 135 Å². The molecular formula is C16H21N3O4. The van der Waals surface area contributed by atoms with Gasteiger partial charge < -0.3 is 14.3 Å². The van der Waals surface area contributed by atoms with Gasteiger partial charge in [0.1, 0.15) is 5.57 Å². The monoisotopic (exact) mass is 319 g/mol. The third-order valence-corrected chi connectivity index (χ3v) is 2.89. The van der Waals surface area contributed by atoms with E-state index in [2.05, 4.69) is 15.1 Å². The van der Waals surface area contributed by atoms with Gasteiger partial charge >= 0.3 is 5.97 Å². The maximum Gasteiger partial charge on any atom is 0.341 e. The molecule has 0 radical (unpaired) electrons. The molecule has 0 fully saturated rings. The Balaban J connectivity index is 3.15. The molecule has 0 atom stereocenters. The van der Waals surface area contributed by atoms with E-state index in [9.17, 15) is 4.79 Å². The van der Waals surface area contributed by atoms with Crippen molar-refractivity contribution in [1.29, 1.82) is 0 Å². The van der Waals surface area contributed by atoms with Crippen LogP contribution in [-0.2, 0) is 14.3 Å². The number of esters is 1. The minimum Gasteiger partial charge on any atom is -0.503 e. The SMILES string of the molecule is CCN=C(C)/C(C)=N/Oc1ncccc1/C(=C\OC)C(=O)OC. The first-order chi connectivity index (χ1) is 11.0. The molecule has 1 heterocycles. The minimum atomic E-state index is -0.561. The van der Waals surface area contributed by atoms with Crippen LogP contribution in [0, 0.1) is 0 Å². The van der Waals surface area contributed by atoms with Gasteiger partial charge in [0, 0.05) is 12.7 Å². The van der Waals surface area contributed by atoms with E-state index in [0.29, 0.717) is 17.8 Å². The van der Waals surface area contributed by atoms with Crippen molar-refractivity contribution in [2.45, 2.75) is 20.8 Å². The van der Waals surface area contributed by atoms with Crippen LogP contribution in [0.2, 0.25) is 0 Å². The highest BCUT2D eigenvalue weighted by Crippen LogP contribution is 2.25. The van der Waals surface area contributed by atoms with Crippen LogP contribution < -0.4 is 4.84 Å². The molecule has 0 saturated carbocycles. The minimum absolute atomic E-state index is 0.171. The molecule has 0 N–H and O–H groups in total. The molecule has 7 nitrogen and oxygen atoms in total. The lowest BCUT2D eigenvalue weighted by molar-refractivity contribution is -0.133. The lowest BCUT2D eigenvalue weighted by Gasteiger charge is -2.09. The molecule has 0 saturated heterocycles. The number of carbonyl (C=O) groups is 1. The first-order valence-corrected chi connectivity index (χ1v) is 7.04. The third-order valence-electron chi connectivity index (χ3n) is 2.89. The van der Waals surface area contributed by atoms with Gasteiger partial charge in [0.2, 0.25) is 0 Å². The van der Waals surface area contributed by atoms with Crippen molar-refractivity contribution in [3.8, 4) is 5.88 Å². The van der Waals surface area contributed by atoms with Crippen LogP contribution in [0.1, 0.15) is 26.3 Å². The lowest BCUT2D eigenvalue weighted by Crippen LogP contribution is -2.10. The van der Waals surface area contributed by atoms with Gasteiger partial charge in [-0.15, -0.1) is 0 Å². The molecule has 0 amide bonds. The zero-order chi connectivity index (χ0) is 17.2. The maximum atomic E-state index is 11.9. The van der Waals surface area contributed by atoms with E-state index in [1.165, 1.54) is 20.5 Å². The van der Waals surface area contributed by atoms with E-state index in [1.54, 1.807) is 25.3 Å². The fourth-order valence-corrected chi connectivity index (χ4v) is 1.65. The van der Waals surface area contributed by atoms with Gasteiger partial charge in [-0.05, 0) is 32.9 Å². The van der Waals surface area contributed by atoms with Crippen LogP contribution >= 0.6 is 0 Å². The number of hydrogen-bond donors (Lipinski definition) is 0. The fraction of sp³-hybridized carbons (Fsp3) is 0.375. The van der Waals surface area contributed by atoms with Gasteiger partial charge in [-0.3, -0.25) is 4.99 Å². The summed E-state index contributed by atoms with van der Waals surface area (Å²) in [6.07, 6.45) is 2.81. The molecule has 7 heteroatoms. The molecule has 0 spiro atoms. The second kappa shape index (κ2) is 9.34. The van der Waals surface area contributed by atoms with Crippen molar-refractivity contribution < 1.29 is 19.1 Å². The van der Waals surface area contributed by atoms with Crippen LogP contribution in [0.25, 0.3) is 5.57 Å². The van der Waals surface area contributed by atoms with E-state index in [-0.39, 0.29) is 11.5 Å². The van der Waals surface area contributed by atoms with Crippen LogP contribution in [-0.4, -0.2) is 43.1 Å². The quantitative estimate of drug-likeness (QED) is 0.253. The summed E-state index contributed by atoms with van der Waals surface area (Å²) in [5, 5.41) is 4.00. The van der Waals surface area contributed by atoms with E-state index in [1.807, 2.05) is 13.8 Å². The number of methoxy groups -OCH3 is 2. The van der Waals surface area contributed by atoms with Crippen molar-refractivity contribution in [2.75, 3.05) is 20.8 Å².